The molecule has 7 nitrogen and oxygen atoms in total. The molecule has 0 bridgehead atoms. The van der Waals surface area contributed by atoms with Gasteiger partial charge in [-0.1, -0.05) is 12.1 Å². The van der Waals surface area contributed by atoms with Gasteiger partial charge in [0.05, 0.1) is 6.10 Å². The number of carbonyl (C=O) groups is 1. The molecule has 0 unspecified atom stereocenters. The number of ether oxygens (including phenoxy) is 1. The molecule has 3 rings (SSSR count). The van der Waals surface area contributed by atoms with Crippen molar-refractivity contribution in [2.24, 2.45) is 0 Å². The van der Waals surface area contributed by atoms with Gasteiger partial charge in [-0.25, -0.2) is 13.1 Å². The number of hydrogen-bond acceptors (Lipinski definition) is 6. The fraction of sp³-hybridized carbons (Fsp3) is 0.250. The van der Waals surface area contributed by atoms with Crippen LogP contribution in [0.4, 0.5) is 5.69 Å². The highest BCUT2D eigenvalue weighted by molar-refractivity contribution is 7.90. The van der Waals surface area contributed by atoms with Crippen LogP contribution in [0.25, 0.3) is 11.0 Å². The maximum absolute atomic E-state index is 12.7. The Labute approximate surface area is 163 Å². The standard InChI is InChI=1S/C20H22N2O5S/c1-13(2)26-16-7-5-6-8-19(16)28(24,25)21-20(23)18-11-14-9-10-15(22(3)4)12-17(14)27-18/h5-13H,1-4H3,(H,21,23). The van der Waals surface area contributed by atoms with Gasteiger partial charge >= 0.3 is 5.91 Å². The summed E-state index contributed by atoms with van der Waals surface area (Å²) >= 11 is 0. The molecule has 8 heteroatoms. The molecule has 1 N–H and O–H groups in total. The number of benzene rings is 2. The first-order valence-corrected chi connectivity index (χ1v) is 10.2. The van der Waals surface area contributed by atoms with Crippen molar-refractivity contribution in [2.75, 3.05) is 19.0 Å². The van der Waals surface area contributed by atoms with Gasteiger partial charge in [-0.15, -0.1) is 0 Å². The van der Waals surface area contributed by atoms with Gasteiger partial charge < -0.3 is 14.1 Å². The van der Waals surface area contributed by atoms with Crippen molar-refractivity contribution < 1.29 is 22.4 Å². The van der Waals surface area contributed by atoms with Crippen LogP contribution < -0.4 is 14.4 Å². The molecule has 1 amide bonds. The van der Waals surface area contributed by atoms with Crippen molar-refractivity contribution in [1.82, 2.24) is 4.72 Å². The molecule has 0 spiro atoms. The lowest BCUT2D eigenvalue weighted by Crippen LogP contribution is -2.30. The number of nitrogens with zero attached hydrogens (tertiary/aromatic N) is 1. The maximum Gasteiger partial charge on any atom is 0.300 e. The molecule has 0 aliphatic heterocycles. The van der Waals surface area contributed by atoms with Crippen molar-refractivity contribution in [3.05, 3.63) is 54.3 Å². The number of anilines is 1. The van der Waals surface area contributed by atoms with E-state index in [-0.39, 0.29) is 22.5 Å². The van der Waals surface area contributed by atoms with Crippen LogP contribution in [-0.2, 0) is 10.0 Å². The SMILES string of the molecule is CC(C)Oc1ccccc1S(=O)(=O)NC(=O)c1cc2ccc(N(C)C)cc2o1. The zero-order valence-corrected chi connectivity index (χ0v) is 16.9. The molecule has 0 radical (unpaired) electrons. The van der Waals surface area contributed by atoms with E-state index in [4.69, 9.17) is 9.15 Å². The van der Waals surface area contributed by atoms with E-state index in [0.29, 0.717) is 11.0 Å². The first-order valence-electron chi connectivity index (χ1n) is 8.71. The molecule has 0 fully saturated rings. The number of nitrogens with one attached hydrogen (secondary N) is 1. The predicted molar refractivity (Wildman–Crippen MR) is 107 cm³/mol. The third-order valence-electron chi connectivity index (χ3n) is 3.97. The zero-order chi connectivity index (χ0) is 20.5. The minimum Gasteiger partial charge on any atom is -0.490 e. The summed E-state index contributed by atoms with van der Waals surface area (Å²) < 4.78 is 38.6. The average Bonchev–Trinajstić information content (AvgIpc) is 3.04. The van der Waals surface area contributed by atoms with E-state index in [0.717, 1.165) is 5.69 Å². The third kappa shape index (κ3) is 4.12. The molecular weight excluding hydrogens is 380 g/mol. The number of rotatable bonds is 6. The Hall–Kier alpha value is -3.00. The number of amides is 1. The Morgan fingerprint density at radius 3 is 2.50 bits per heavy atom. The van der Waals surface area contributed by atoms with Gasteiger partial charge in [0.2, 0.25) is 0 Å². The maximum atomic E-state index is 12.7. The van der Waals surface area contributed by atoms with Crippen molar-refractivity contribution in [3.63, 3.8) is 0 Å². The van der Waals surface area contributed by atoms with Crippen LogP contribution in [0.2, 0.25) is 0 Å². The summed E-state index contributed by atoms with van der Waals surface area (Å²) in [4.78, 5) is 14.3. The second-order valence-corrected chi connectivity index (χ2v) is 8.43. The fourth-order valence-electron chi connectivity index (χ4n) is 2.66. The van der Waals surface area contributed by atoms with Gasteiger partial charge in [0.25, 0.3) is 10.0 Å². The van der Waals surface area contributed by atoms with Gasteiger partial charge in [-0.05, 0) is 44.2 Å². The minimum atomic E-state index is -4.14. The smallest absolute Gasteiger partial charge is 0.300 e. The van der Waals surface area contributed by atoms with Crippen molar-refractivity contribution >= 4 is 32.6 Å². The Morgan fingerprint density at radius 2 is 1.82 bits per heavy atom. The first kappa shape index (κ1) is 19.8. The summed E-state index contributed by atoms with van der Waals surface area (Å²) in [6.07, 6.45) is -0.215. The largest absolute Gasteiger partial charge is 0.490 e. The van der Waals surface area contributed by atoms with Crippen LogP contribution in [0, 0.1) is 0 Å². The first-order chi connectivity index (χ1) is 13.2. The molecule has 2 aromatic carbocycles. The molecule has 0 atom stereocenters. The summed E-state index contributed by atoms with van der Waals surface area (Å²) in [5, 5.41) is 0.705. The van der Waals surface area contributed by atoms with E-state index >= 15 is 0 Å². The number of fused-ring (bicyclic) bond motifs is 1. The highest BCUT2D eigenvalue weighted by atomic mass is 32.2. The van der Waals surface area contributed by atoms with Crippen molar-refractivity contribution in [2.45, 2.75) is 24.8 Å². The lowest BCUT2D eigenvalue weighted by molar-refractivity contribution is 0.0956. The molecule has 28 heavy (non-hydrogen) atoms. The van der Waals surface area contributed by atoms with E-state index in [1.54, 1.807) is 38.1 Å². The molecule has 0 saturated heterocycles. The quantitative estimate of drug-likeness (QED) is 0.680. The van der Waals surface area contributed by atoms with Crippen LogP contribution in [0.5, 0.6) is 5.75 Å². The zero-order valence-electron chi connectivity index (χ0n) is 16.1. The van der Waals surface area contributed by atoms with Crippen molar-refractivity contribution in [1.29, 1.82) is 0 Å². The predicted octanol–water partition coefficient (Wildman–Crippen LogP) is 3.40. The van der Waals surface area contributed by atoms with Gasteiger partial charge in [0, 0.05) is 31.2 Å². The van der Waals surface area contributed by atoms with E-state index < -0.39 is 15.9 Å². The van der Waals surface area contributed by atoms with E-state index in [1.165, 1.54) is 12.1 Å². The third-order valence-corrected chi connectivity index (χ3v) is 5.34. The van der Waals surface area contributed by atoms with Crippen LogP contribution >= 0.6 is 0 Å². The highest BCUT2D eigenvalue weighted by Gasteiger charge is 2.25. The van der Waals surface area contributed by atoms with Crippen LogP contribution in [0.15, 0.2) is 57.8 Å². The highest BCUT2D eigenvalue weighted by Crippen LogP contribution is 2.26. The van der Waals surface area contributed by atoms with Crippen LogP contribution in [0.3, 0.4) is 0 Å². The number of hydrogen-bond donors (Lipinski definition) is 1. The van der Waals surface area contributed by atoms with Gasteiger partial charge in [0.15, 0.2) is 5.76 Å². The number of furan rings is 1. The normalized spacial score (nSPS) is 11.6. The van der Waals surface area contributed by atoms with Gasteiger partial charge in [-0.3, -0.25) is 4.79 Å². The average molecular weight is 402 g/mol. The summed E-state index contributed by atoms with van der Waals surface area (Å²) in [6.45, 7) is 3.58. The lowest BCUT2D eigenvalue weighted by atomic mass is 10.2. The topological polar surface area (TPSA) is 88.8 Å². The minimum absolute atomic E-state index is 0.0864. The van der Waals surface area contributed by atoms with Crippen LogP contribution in [-0.4, -0.2) is 34.5 Å². The number of carbonyl (C=O) groups excluding carboxylic acids is 1. The number of sulfonamides is 1. The number of para-hydroxylation sites is 1. The summed E-state index contributed by atoms with van der Waals surface area (Å²) in [7, 11) is -0.356. The van der Waals surface area contributed by atoms with Gasteiger partial charge in [0.1, 0.15) is 16.2 Å². The second kappa shape index (κ2) is 7.55. The second-order valence-electron chi connectivity index (χ2n) is 6.78. The molecule has 0 aliphatic rings. The van der Waals surface area contributed by atoms with Crippen LogP contribution in [0.1, 0.15) is 24.4 Å². The molecule has 0 aliphatic carbocycles. The molecular formula is C20H22N2O5S. The molecule has 1 aromatic heterocycles. The Bertz CT molecular complexity index is 1120. The summed E-state index contributed by atoms with van der Waals surface area (Å²) in [5.74, 6) is -0.753. The Balaban J connectivity index is 1.89. The monoisotopic (exact) mass is 402 g/mol. The lowest BCUT2D eigenvalue weighted by Gasteiger charge is -2.14. The molecule has 1 heterocycles. The van der Waals surface area contributed by atoms with Crippen molar-refractivity contribution in [3.8, 4) is 5.75 Å². The molecule has 148 valence electrons. The fourth-order valence-corrected chi connectivity index (χ4v) is 3.75. The summed E-state index contributed by atoms with van der Waals surface area (Å²) in [6, 6.07) is 13.2. The van der Waals surface area contributed by atoms with Gasteiger partial charge in [-0.2, -0.15) is 0 Å². The van der Waals surface area contributed by atoms with E-state index in [9.17, 15) is 13.2 Å². The Kier molecular flexibility index (Phi) is 5.33. The Morgan fingerprint density at radius 1 is 1.11 bits per heavy atom. The van der Waals surface area contributed by atoms with E-state index in [1.807, 2.05) is 35.9 Å². The van der Waals surface area contributed by atoms with E-state index in [2.05, 4.69) is 0 Å². The molecule has 3 aromatic rings. The summed E-state index contributed by atoms with van der Waals surface area (Å²) in [5.41, 5.74) is 1.40. The molecule has 0 saturated carbocycles.